The molecule has 0 aliphatic heterocycles. The van der Waals surface area contributed by atoms with Crippen molar-refractivity contribution in [3.8, 4) is 0 Å². The summed E-state index contributed by atoms with van der Waals surface area (Å²) in [5.74, 6) is -2.14. The highest BCUT2D eigenvalue weighted by atomic mass is 16.2. The van der Waals surface area contributed by atoms with E-state index in [1.54, 1.807) is 42.5 Å². The van der Waals surface area contributed by atoms with Gasteiger partial charge in [0.1, 0.15) is 0 Å². The molecular formula is C18H18N4O4. The van der Waals surface area contributed by atoms with Gasteiger partial charge in [0.2, 0.25) is 11.8 Å². The van der Waals surface area contributed by atoms with Crippen molar-refractivity contribution in [3.05, 3.63) is 48.5 Å². The van der Waals surface area contributed by atoms with Gasteiger partial charge < -0.3 is 21.3 Å². The van der Waals surface area contributed by atoms with Crippen molar-refractivity contribution in [3.63, 3.8) is 0 Å². The van der Waals surface area contributed by atoms with E-state index < -0.39 is 11.8 Å². The van der Waals surface area contributed by atoms with E-state index >= 15 is 0 Å². The van der Waals surface area contributed by atoms with Crippen LogP contribution in [0.3, 0.4) is 0 Å². The maximum atomic E-state index is 12.0. The molecule has 0 unspecified atom stereocenters. The first-order chi connectivity index (χ1) is 12.3. The van der Waals surface area contributed by atoms with Crippen LogP contribution in [0.1, 0.15) is 13.8 Å². The number of carbonyl (C=O) groups excluding carboxylic acids is 4. The van der Waals surface area contributed by atoms with Crippen molar-refractivity contribution >= 4 is 46.4 Å². The molecule has 26 heavy (non-hydrogen) atoms. The highest BCUT2D eigenvalue weighted by molar-refractivity contribution is 6.43. The molecule has 4 amide bonds. The van der Waals surface area contributed by atoms with Gasteiger partial charge in [0, 0.05) is 36.6 Å². The standard InChI is InChI=1S/C18H18N4O4/c1-11(23)19-13-6-8-14(9-7-13)21-17(25)18(26)22-16-5-3-4-15(10-16)20-12(2)24/h3-10H,1-2H3,(H,19,23)(H,20,24)(H,21,25)(H,22,26). The van der Waals surface area contributed by atoms with Crippen molar-refractivity contribution in [1.29, 1.82) is 0 Å². The van der Waals surface area contributed by atoms with Crippen LogP contribution in [-0.2, 0) is 19.2 Å². The SMILES string of the molecule is CC(=O)Nc1ccc(NC(=O)C(=O)Nc2cccc(NC(C)=O)c2)cc1. The minimum absolute atomic E-state index is 0.206. The fourth-order valence-corrected chi connectivity index (χ4v) is 2.09. The van der Waals surface area contributed by atoms with Crippen molar-refractivity contribution in [2.45, 2.75) is 13.8 Å². The summed E-state index contributed by atoms with van der Waals surface area (Å²) >= 11 is 0. The molecule has 2 aromatic carbocycles. The van der Waals surface area contributed by atoms with Gasteiger partial charge in [-0.25, -0.2) is 0 Å². The average Bonchev–Trinajstić information content (AvgIpc) is 2.55. The van der Waals surface area contributed by atoms with Gasteiger partial charge in [-0.05, 0) is 42.5 Å². The molecule has 0 atom stereocenters. The van der Waals surface area contributed by atoms with Crippen LogP contribution in [0.5, 0.6) is 0 Å². The molecule has 0 fully saturated rings. The number of rotatable bonds is 4. The van der Waals surface area contributed by atoms with E-state index in [0.717, 1.165) is 0 Å². The zero-order valence-electron chi connectivity index (χ0n) is 14.3. The molecule has 4 N–H and O–H groups in total. The lowest BCUT2D eigenvalue weighted by molar-refractivity contribution is -0.132. The lowest BCUT2D eigenvalue weighted by atomic mass is 10.2. The van der Waals surface area contributed by atoms with Gasteiger partial charge in [-0.1, -0.05) is 6.07 Å². The summed E-state index contributed by atoms with van der Waals surface area (Å²) in [5.41, 5.74) is 1.86. The molecule has 0 radical (unpaired) electrons. The maximum absolute atomic E-state index is 12.0. The molecule has 0 saturated carbocycles. The Morgan fingerprint density at radius 1 is 0.577 bits per heavy atom. The van der Waals surface area contributed by atoms with Gasteiger partial charge in [-0.2, -0.15) is 0 Å². The summed E-state index contributed by atoms with van der Waals surface area (Å²) in [7, 11) is 0. The van der Waals surface area contributed by atoms with Gasteiger partial charge in [-0.3, -0.25) is 19.2 Å². The first-order valence-corrected chi connectivity index (χ1v) is 7.71. The third kappa shape index (κ3) is 5.75. The monoisotopic (exact) mass is 354 g/mol. The lowest BCUT2D eigenvalue weighted by Gasteiger charge is -2.09. The summed E-state index contributed by atoms with van der Waals surface area (Å²) in [6, 6.07) is 12.8. The van der Waals surface area contributed by atoms with E-state index in [4.69, 9.17) is 0 Å². The normalized spacial score (nSPS) is 9.77. The first-order valence-electron chi connectivity index (χ1n) is 7.71. The van der Waals surface area contributed by atoms with E-state index in [-0.39, 0.29) is 11.8 Å². The minimum Gasteiger partial charge on any atom is -0.326 e. The fourth-order valence-electron chi connectivity index (χ4n) is 2.09. The lowest BCUT2D eigenvalue weighted by Crippen LogP contribution is -2.29. The number of benzene rings is 2. The second kappa shape index (κ2) is 8.43. The highest BCUT2D eigenvalue weighted by Gasteiger charge is 2.14. The molecule has 0 aliphatic carbocycles. The second-order valence-corrected chi connectivity index (χ2v) is 5.43. The molecule has 8 heteroatoms. The maximum Gasteiger partial charge on any atom is 0.314 e. The Labute approximate surface area is 150 Å². The molecule has 2 aromatic rings. The van der Waals surface area contributed by atoms with Crippen LogP contribution in [-0.4, -0.2) is 23.6 Å². The zero-order chi connectivity index (χ0) is 19.1. The third-order valence-electron chi connectivity index (χ3n) is 3.11. The molecule has 0 heterocycles. The van der Waals surface area contributed by atoms with Crippen LogP contribution in [0, 0.1) is 0 Å². The third-order valence-corrected chi connectivity index (χ3v) is 3.11. The number of hydrogen-bond donors (Lipinski definition) is 4. The van der Waals surface area contributed by atoms with Gasteiger partial charge in [0.15, 0.2) is 0 Å². The number of amides is 4. The van der Waals surface area contributed by atoms with E-state index in [1.165, 1.54) is 19.9 Å². The summed E-state index contributed by atoms with van der Waals surface area (Å²) in [5, 5.41) is 10.1. The van der Waals surface area contributed by atoms with Crippen molar-refractivity contribution in [1.82, 2.24) is 0 Å². The molecule has 134 valence electrons. The average molecular weight is 354 g/mol. The van der Waals surface area contributed by atoms with Crippen LogP contribution in [0.15, 0.2) is 48.5 Å². The second-order valence-electron chi connectivity index (χ2n) is 5.43. The predicted molar refractivity (Wildman–Crippen MR) is 98.8 cm³/mol. The Hall–Kier alpha value is -3.68. The first kappa shape index (κ1) is 18.7. The fraction of sp³-hybridized carbons (Fsp3) is 0.111. The van der Waals surface area contributed by atoms with Crippen molar-refractivity contribution < 1.29 is 19.2 Å². The Morgan fingerprint density at radius 2 is 0.962 bits per heavy atom. The van der Waals surface area contributed by atoms with Gasteiger partial charge in [0.25, 0.3) is 0 Å². The largest absolute Gasteiger partial charge is 0.326 e. The number of nitrogens with one attached hydrogen (secondary N) is 4. The predicted octanol–water partition coefficient (Wildman–Crippen LogP) is 2.18. The topological polar surface area (TPSA) is 116 Å². The van der Waals surface area contributed by atoms with Gasteiger partial charge in [-0.15, -0.1) is 0 Å². The smallest absolute Gasteiger partial charge is 0.314 e. The van der Waals surface area contributed by atoms with E-state index in [2.05, 4.69) is 21.3 Å². The van der Waals surface area contributed by atoms with Gasteiger partial charge >= 0.3 is 11.8 Å². The van der Waals surface area contributed by atoms with Crippen LogP contribution >= 0.6 is 0 Å². The molecule has 0 aliphatic rings. The van der Waals surface area contributed by atoms with Crippen molar-refractivity contribution in [2.24, 2.45) is 0 Å². The molecule has 0 saturated heterocycles. The van der Waals surface area contributed by atoms with E-state index in [0.29, 0.717) is 22.7 Å². The van der Waals surface area contributed by atoms with Crippen LogP contribution < -0.4 is 21.3 Å². The molecule has 0 bridgehead atoms. The Balaban J connectivity index is 1.96. The number of anilines is 4. The Morgan fingerprint density at radius 3 is 1.46 bits per heavy atom. The van der Waals surface area contributed by atoms with E-state index in [9.17, 15) is 19.2 Å². The van der Waals surface area contributed by atoms with Crippen LogP contribution in [0.25, 0.3) is 0 Å². The molecule has 8 nitrogen and oxygen atoms in total. The molecule has 0 aromatic heterocycles. The zero-order valence-corrected chi connectivity index (χ0v) is 14.3. The molecular weight excluding hydrogens is 336 g/mol. The summed E-state index contributed by atoms with van der Waals surface area (Å²) < 4.78 is 0. The Bertz CT molecular complexity index is 847. The summed E-state index contributed by atoms with van der Waals surface area (Å²) in [6.07, 6.45) is 0. The molecule has 0 spiro atoms. The highest BCUT2D eigenvalue weighted by Crippen LogP contribution is 2.16. The quantitative estimate of drug-likeness (QED) is 0.630. The van der Waals surface area contributed by atoms with E-state index in [1.807, 2.05) is 0 Å². The summed E-state index contributed by atoms with van der Waals surface area (Å²) in [6.45, 7) is 2.76. The summed E-state index contributed by atoms with van der Waals surface area (Å²) in [4.78, 5) is 46.0. The van der Waals surface area contributed by atoms with Crippen LogP contribution in [0.2, 0.25) is 0 Å². The van der Waals surface area contributed by atoms with Crippen LogP contribution in [0.4, 0.5) is 22.7 Å². The minimum atomic E-state index is -0.851. The Kier molecular flexibility index (Phi) is 6.05. The van der Waals surface area contributed by atoms with Gasteiger partial charge in [0.05, 0.1) is 0 Å². The number of hydrogen-bond acceptors (Lipinski definition) is 4. The molecule has 2 rings (SSSR count). The number of carbonyl (C=O) groups is 4. The van der Waals surface area contributed by atoms with Crippen molar-refractivity contribution in [2.75, 3.05) is 21.3 Å².